The number of aromatic nitrogens is 2. The van der Waals surface area contributed by atoms with Gasteiger partial charge in [-0.2, -0.15) is 5.10 Å². The first kappa shape index (κ1) is 12.7. The Morgan fingerprint density at radius 2 is 2.22 bits per heavy atom. The minimum atomic E-state index is -0.518. The van der Waals surface area contributed by atoms with E-state index in [4.69, 9.17) is 0 Å². The van der Waals surface area contributed by atoms with Crippen molar-refractivity contribution in [2.24, 2.45) is 0 Å². The van der Waals surface area contributed by atoms with Crippen LogP contribution < -0.4 is 0 Å². The molecular weight excluding hydrogens is 349 g/mol. The van der Waals surface area contributed by atoms with Gasteiger partial charge in [-0.3, -0.25) is 14.9 Å². The van der Waals surface area contributed by atoms with Gasteiger partial charge in [0.1, 0.15) is 5.69 Å². The topological polar surface area (TPSA) is 78.0 Å². The lowest BCUT2D eigenvalue weighted by atomic mass is 10.1. The molecule has 0 aliphatic carbocycles. The molecule has 0 spiro atoms. The summed E-state index contributed by atoms with van der Waals surface area (Å²) < 4.78 is 2.29. The first-order valence-electron chi connectivity index (χ1n) is 4.99. The minimum absolute atomic E-state index is 0.137. The molecule has 6 nitrogen and oxygen atoms in total. The van der Waals surface area contributed by atoms with Gasteiger partial charge in [-0.25, -0.2) is 4.68 Å². The van der Waals surface area contributed by atoms with Crippen LogP contribution in [-0.2, 0) is 0 Å². The zero-order chi connectivity index (χ0) is 13.3. The number of hydrogen-bond donors (Lipinski definition) is 0. The van der Waals surface area contributed by atoms with Crippen molar-refractivity contribution < 1.29 is 9.72 Å². The molecule has 1 aromatic heterocycles. The molecule has 18 heavy (non-hydrogen) atoms. The van der Waals surface area contributed by atoms with E-state index in [1.165, 1.54) is 23.7 Å². The van der Waals surface area contributed by atoms with Crippen molar-refractivity contribution in [2.75, 3.05) is 0 Å². The van der Waals surface area contributed by atoms with Gasteiger partial charge in [0.05, 0.1) is 14.7 Å². The molecule has 2 rings (SSSR count). The van der Waals surface area contributed by atoms with E-state index in [9.17, 15) is 14.9 Å². The number of nitro benzene ring substituents is 1. The largest absolute Gasteiger partial charge is 0.295 e. The second-order valence-electron chi connectivity index (χ2n) is 3.62. The Kier molecular flexibility index (Phi) is 3.41. The fourth-order valence-corrected chi connectivity index (χ4v) is 1.90. The Balaban J connectivity index is 2.60. The number of rotatable bonds is 3. The molecule has 0 N–H and O–H groups in total. The molecule has 0 radical (unpaired) electrons. The highest BCUT2D eigenvalue weighted by Gasteiger charge is 2.18. The van der Waals surface area contributed by atoms with Gasteiger partial charge < -0.3 is 0 Å². The number of Topliss-reactive ketones (excluding diaryl/α,β-unsaturated/α-hetero) is 1. The monoisotopic (exact) mass is 357 g/mol. The van der Waals surface area contributed by atoms with E-state index in [1.807, 2.05) is 0 Å². The van der Waals surface area contributed by atoms with Gasteiger partial charge in [0.15, 0.2) is 5.78 Å². The molecule has 1 aromatic carbocycles. The van der Waals surface area contributed by atoms with Crippen molar-refractivity contribution in [3.63, 3.8) is 0 Å². The highest BCUT2D eigenvalue weighted by molar-refractivity contribution is 14.1. The predicted molar refractivity (Wildman–Crippen MR) is 72.9 cm³/mol. The normalized spacial score (nSPS) is 10.3. The highest BCUT2D eigenvalue weighted by atomic mass is 127. The summed E-state index contributed by atoms with van der Waals surface area (Å²) in [5.74, 6) is -0.209. The molecule has 2 aromatic rings. The second-order valence-corrected chi connectivity index (χ2v) is 4.87. The lowest BCUT2D eigenvalue weighted by Crippen LogP contribution is -2.03. The van der Waals surface area contributed by atoms with E-state index in [0.29, 0.717) is 11.3 Å². The summed E-state index contributed by atoms with van der Waals surface area (Å²) in [6.07, 6.45) is 3.28. The standard InChI is InChI=1S/C11H8IN3O3/c1-7(16)8-2-3-10(11(4-8)15(17)18)14-6-9(12)5-13-14/h2-6H,1H3. The van der Waals surface area contributed by atoms with Crippen LogP contribution in [0.4, 0.5) is 5.69 Å². The SMILES string of the molecule is CC(=O)c1ccc(-n2cc(I)cn2)c([N+](=O)[O-])c1. The summed E-state index contributed by atoms with van der Waals surface area (Å²) >= 11 is 2.07. The van der Waals surface area contributed by atoms with Crippen LogP contribution >= 0.6 is 22.6 Å². The van der Waals surface area contributed by atoms with E-state index < -0.39 is 4.92 Å². The fraction of sp³-hybridized carbons (Fsp3) is 0.0909. The van der Waals surface area contributed by atoms with Crippen molar-refractivity contribution in [2.45, 2.75) is 6.92 Å². The molecule has 1 heterocycles. The first-order valence-corrected chi connectivity index (χ1v) is 6.07. The average molecular weight is 357 g/mol. The van der Waals surface area contributed by atoms with Gasteiger partial charge in [0.2, 0.25) is 0 Å². The zero-order valence-electron chi connectivity index (χ0n) is 9.33. The maximum absolute atomic E-state index is 11.2. The van der Waals surface area contributed by atoms with Gasteiger partial charge in [0, 0.05) is 17.8 Å². The van der Waals surface area contributed by atoms with Crippen LogP contribution in [0.5, 0.6) is 0 Å². The molecule has 0 atom stereocenters. The van der Waals surface area contributed by atoms with Gasteiger partial charge in [-0.05, 0) is 41.6 Å². The van der Waals surface area contributed by atoms with Gasteiger partial charge in [-0.15, -0.1) is 0 Å². The Bertz CT molecular complexity index is 636. The van der Waals surface area contributed by atoms with Crippen LogP contribution in [0, 0.1) is 13.7 Å². The molecule has 0 aliphatic heterocycles. The number of benzene rings is 1. The van der Waals surface area contributed by atoms with E-state index in [1.54, 1.807) is 18.5 Å². The second kappa shape index (κ2) is 4.84. The fourth-order valence-electron chi connectivity index (χ4n) is 1.51. The maximum atomic E-state index is 11.2. The van der Waals surface area contributed by atoms with Crippen LogP contribution in [0.15, 0.2) is 30.6 Å². The van der Waals surface area contributed by atoms with Crippen LogP contribution in [0.25, 0.3) is 5.69 Å². The molecule has 0 unspecified atom stereocenters. The Labute approximate surface area is 116 Å². The molecule has 0 saturated carbocycles. The third-order valence-electron chi connectivity index (χ3n) is 2.38. The molecule has 0 aliphatic rings. The maximum Gasteiger partial charge on any atom is 0.295 e. The van der Waals surface area contributed by atoms with Gasteiger partial charge >= 0.3 is 0 Å². The summed E-state index contributed by atoms with van der Waals surface area (Å²) in [5, 5.41) is 15.1. The molecule has 7 heteroatoms. The van der Waals surface area contributed by atoms with Gasteiger partial charge in [-0.1, -0.05) is 0 Å². The molecule has 0 fully saturated rings. The Morgan fingerprint density at radius 1 is 1.50 bits per heavy atom. The number of ketones is 1. The summed E-state index contributed by atoms with van der Waals surface area (Å²) in [4.78, 5) is 21.7. The van der Waals surface area contributed by atoms with Crippen molar-refractivity contribution in [3.8, 4) is 5.69 Å². The molecule has 92 valence electrons. The van der Waals surface area contributed by atoms with Crippen LogP contribution in [0.1, 0.15) is 17.3 Å². The third kappa shape index (κ3) is 2.40. The minimum Gasteiger partial charge on any atom is -0.295 e. The molecular formula is C11H8IN3O3. The van der Waals surface area contributed by atoms with Crippen LogP contribution in [-0.4, -0.2) is 20.5 Å². The summed E-state index contributed by atoms with van der Waals surface area (Å²) in [6.45, 7) is 1.37. The smallest absolute Gasteiger partial charge is 0.295 e. The quantitative estimate of drug-likeness (QED) is 0.366. The lowest BCUT2D eigenvalue weighted by Gasteiger charge is -2.04. The molecule has 0 saturated heterocycles. The number of carbonyl (C=O) groups is 1. The summed E-state index contributed by atoms with van der Waals surface area (Å²) in [5.41, 5.74) is 0.516. The Morgan fingerprint density at radius 3 is 2.72 bits per heavy atom. The number of carbonyl (C=O) groups excluding carboxylic acids is 1. The highest BCUT2D eigenvalue weighted by Crippen LogP contribution is 2.24. The third-order valence-corrected chi connectivity index (χ3v) is 2.93. The van der Waals surface area contributed by atoms with Crippen LogP contribution in [0.2, 0.25) is 0 Å². The number of nitrogens with zero attached hydrogens (tertiary/aromatic N) is 3. The van der Waals surface area contributed by atoms with Crippen molar-refractivity contribution in [3.05, 3.63) is 49.8 Å². The number of nitro groups is 1. The van der Waals surface area contributed by atoms with E-state index >= 15 is 0 Å². The van der Waals surface area contributed by atoms with Crippen molar-refractivity contribution >= 4 is 34.1 Å². The average Bonchev–Trinajstić information content (AvgIpc) is 2.74. The number of halogens is 1. The first-order chi connectivity index (χ1) is 8.49. The van der Waals surface area contributed by atoms with Crippen molar-refractivity contribution in [1.82, 2.24) is 9.78 Å². The Hall–Kier alpha value is -1.77. The zero-order valence-corrected chi connectivity index (χ0v) is 11.5. The predicted octanol–water partition coefficient (Wildman–Crippen LogP) is 2.59. The van der Waals surface area contributed by atoms with Gasteiger partial charge in [0.25, 0.3) is 5.69 Å². The van der Waals surface area contributed by atoms with E-state index in [-0.39, 0.29) is 11.5 Å². The summed E-state index contributed by atoms with van der Waals surface area (Å²) in [7, 11) is 0. The van der Waals surface area contributed by atoms with E-state index in [2.05, 4.69) is 27.7 Å². The lowest BCUT2D eigenvalue weighted by molar-refractivity contribution is -0.384. The molecule has 0 bridgehead atoms. The molecule has 0 amide bonds. The van der Waals surface area contributed by atoms with Crippen molar-refractivity contribution in [1.29, 1.82) is 0 Å². The van der Waals surface area contributed by atoms with Crippen LogP contribution in [0.3, 0.4) is 0 Å². The number of hydrogen-bond acceptors (Lipinski definition) is 4. The van der Waals surface area contributed by atoms with E-state index in [0.717, 1.165) is 3.57 Å². The summed E-state index contributed by atoms with van der Waals surface area (Å²) in [6, 6.07) is 4.35.